The summed E-state index contributed by atoms with van der Waals surface area (Å²) in [5.74, 6) is -3.39. The Bertz CT molecular complexity index is 588. The summed E-state index contributed by atoms with van der Waals surface area (Å²) < 4.78 is 48.6. The maximum absolute atomic E-state index is 12.7. The van der Waals surface area contributed by atoms with Gasteiger partial charge in [-0.1, -0.05) is 13.8 Å². The number of hydrogen-bond acceptors (Lipinski definition) is 5. The fourth-order valence-electron chi connectivity index (χ4n) is 2.88. The van der Waals surface area contributed by atoms with Gasteiger partial charge in [0, 0.05) is 18.9 Å². The number of hydrogen-bond donors (Lipinski definition) is 2. The molecular weight excluding hydrogens is 369 g/mol. The van der Waals surface area contributed by atoms with Crippen LogP contribution in [-0.2, 0) is 23.9 Å². The number of halogens is 3. The summed E-state index contributed by atoms with van der Waals surface area (Å²) in [7, 11) is 1.14. The minimum Gasteiger partial charge on any atom is -0.466 e. The zero-order valence-electron chi connectivity index (χ0n) is 15.7. The molecule has 0 fully saturated rings. The SMILES string of the molecule is CCC(CC)O[C@@H]1C=C(C(=O)OC)C[C@H](NC(=O)C(F)(F)F)[C@H]1NC(C)=O. The van der Waals surface area contributed by atoms with Crippen molar-refractivity contribution in [2.24, 2.45) is 0 Å². The molecule has 0 aromatic heterocycles. The molecule has 10 heteroatoms. The highest BCUT2D eigenvalue weighted by atomic mass is 19.4. The van der Waals surface area contributed by atoms with Gasteiger partial charge in [-0.2, -0.15) is 13.2 Å². The van der Waals surface area contributed by atoms with Crippen molar-refractivity contribution in [2.75, 3.05) is 7.11 Å². The van der Waals surface area contributed by atoms with Gasteiger partial charge in [0.1, 0.15) is 0 Å². The first kappa shape index (κ1) is 22.9. The largest absolute Gasteiger partial charge is 0.471 e. The maximum atomic E-state index is 12.7. The first-order chi connectivity index (χ1) is 12.5. The molecule has 0 bridgehead atoms. The molecule has 0 saturated heterocycles. The number of amides is 2. The number of methoxy groups -OCH3 is 1. The van der Waals surface area contributed by atoms with E-state index in [2.05, 4.69) is 10.1 Å². The van der Waals surface area contributed by atoms with Crippen molar-refractivity contribution in [3.05, 3.63) is 11.6 Å². The third-order valence-corrected chi connectivity index (χ3v) is 4.24. The molecule has 0 aromatic carbocycles. The Labute approximate surface area is 155 Å². The predicted molar refractivity (Wildman–Crippen MR) is 89.5 cm³/mol. The van der Waals surface area contributed by atoms with Crippen LogP contribution in [0.15, 0.2) is 11.6 Å². The quantitative estimate of drug-likeness (QED) is 0.640. The van der Waals surface area contributed by atoms with E-state index in [4.69, 9.17) is 4.74 Å². The van der Waals surface area contributed by atoms with E-state index >= 15 is 0 Å². The number of rotatable bonds is 7. The van der Waals surface area contributed by atoms with Crippen molar-refractivity contribution in [1.29, 1.82) is 0 Å². The third kappa shape index (κ3) is 6.53. The number of esters is 1. The summed E-state index contributed by atoms with van der Waals surface area (Å²) >= 11 is 0. The number of ether oxygens (including phenoxy) is 2. The fraction of sp³-hybridized carbons (Fsp3) is 0.706. The first-order valence-electron chi connectivity index (χ1n) is 8.62. The van der Waals surface area contributed by atoms with Crippen LogP contribution in [0.1, 0.15) is 40.0 Å². The molecule has 154 valence electrons. The van der Waals surface area contributed by atoms with Gasteiger partial charge in [0.05, 0.1) is 31.4 Å². The van der Waals surface area contributed by atoms with Gasteiger partial charge in [0.25, 0.3) is 0 Å². The molecular formula is C17H25F3N2O5. The van der Waals surface area contributed by atoms with Crippen LogP contribution in [-0.4, -0.2) is 55.4 Å². The standard InChI is InChI=1S/C17H25F3N2O5/c1-5-11(6-2)27-13-8-10(15(24)26-4)7-12(14(13)21-9(3)23)22-16(25)17(18,19)20/h8,11-14H,5-7H2,1-4H3,(H,21,23)(H,22,25)/t12-,13+,14+/m0/s1. The van der Waals surface area contributed by atoms with Crippen molar-refractivity contribution >= 4 is 17.8 Å². The van der Waals surface area contributed by atoms with Gasteiger partial charge in [-0.3, -0.25) is 9.59 Å². The van der Waals surface area contributed by atoms with E-state index in [1.165, 1.54) is 13.0 Å². The lowest BCUT2D eigenvalue weighted by Crippen LogP contribution is -2.61. The van der Waals surface area contributed by atoms with Crippen molar-refractivity contribution in [3.63, 3.8) is 0 Å². The molecule has 0 spiro atoms. The van der Waals surface area contributed by atoms with Gasteiger partial charge in [-0.25, -0.2) is 4.79 Å². The summed E-state index contributed by atoms with van der Waals surface area (Å²) in [5.41, 5.74) is 0.0718. The number of nitrogens with one attached hydrogen (secondary N) is 2. The predicted octanol–water partition coefficient (Wildman–Crippen LogP) is 1.62. The number of alkyl halides is 3. The number of carbonyl (C=O) groups is 3. The summed E-state index contributed by atoms with van der Waals surface area (Å²) in [6.07, 6.45) is -3.79. The number of carbonyl (C=O) groups excluding carboxylic acids is 3. The second-order valence-electron chi connectivity index (χ2n) is 6.23. The van der Waals surface area contributed by atoms with Crippen LogP contribution >= 0.6 is 0 Å². The van der Waals surface area contributed by atoms with Crippen LogP contribution in [0.4, 0.5) is 13.2 Å². The molecule has 0 aliphatic heterocycles. The molecule has 2 amide bonds. The van der Waals surface area contributed by atoms with Gasteiger partial charge in [-0.15, -0.1) is 0 Å². The van der Waals surface area contributed by atoms with Crippen LogP contribution in [0.5, 0.6) is 0 Å². The van der Waals surface area contributed by atoms with E-state index in [1.54, 1.807) is 0 Å². The smallest absolute Gasteiger partial charge is 0.466 e. The Balaban J connectivity index is 3.24. The summed E-state index contributed by atoms with van der Waals surface area (Å²) in [6, 6.07) is -2.16. The van der Waals surface area contributed by atoms with Crippen LogP contribution in [0, 0.1) is 0 Å². The molecule has 0 unspecified atom stereocenters. The van der Waals surface area contributed by atoms with E-state index in [9.17, 15) is 27.6 Å². The Morgan fingerprint density at radius 3 is 2.26 bits per heavy atom. The van der Waals surface area contributed by atoms with E-state index in [1.807, 2.05) is 19.2 Å². The Hall–Kier alpha value is -2.10. The fourth-order valence-corrected chi connectivity index (χ4v) is 2.88. The molecule has 0 radical (unpaired) electrons. The van der Waals surface area contributed by atoms with Gasteiger partial charge in [0.2, 0.25) is 5.91 Å². The Morgan fingerprint density at radius 1 is 1.22 bits per heavy atom. The highest BCUT2D eigenvalue weighted by Gasteiger charge is 2.44. The normalized spacial score (nSPS) is 22.8. The average Bonchev–Trinajstić information content (AvgIpc) is 2.59. The molecule has 2 N–H and O–H groups in total. The van der Waals surface area contributed by atoms with Crippen molar-refractivity contribution in [3.8, 4) is 0 Å². The summed E-state index contributed by atoms with van der Waals surface area (Å²) in [6.45, 7) is 4.95. The lowest BCUT2D eigenvalue weighted by molar-refractivity contribution is -0.175. The van der Waals surface area contributed by atoms with Crippen molar-refractivity contribution in [2.45, 2.75) is 70.5 Å². The molecule has 0 saturated carbocycles. The van der Waals surface area contributed by atoms with Crippen molar-refractivity contribution < 1.29 is 37.0 Å². The molecule has 27 heavy (non-hydrogen) atoms. The lowest BCUT2D eigenvalue weighted by Gasteiger charge is -2.38. The van der Waals surface area contributed by atoms with Gasteiger partial charge >= 0.3 is 18.1 Å². The van der Waals surface area contributed by atoms with E-state index in [0.29, 0.717) is 12.8 Å². The molecule has 7 nitrogen and oxygen atoms in total. The van der Waals surface area contributed by atoms with E-state index in [0.717, 1.165) is 7.11 Å². The summed E-state index contributed by atoms with van der Waals surface area (Å²) in [5, 5.41) is 4.38. The zero-order chi connectivity index (χ0) is 20.8. The molecule has 3 atom stereocenters. The molecule has 0 heterocycles. The van der Waals surface area contributed by atoms with Crippen LogP contribution in [0.2, 0.25) is 0 Å². The van der Waals surface area contributed by atoms with Gasteiger partial charge < -0.3 is 20.1 Å². The van der Waals surface area contributed by atoms with E-state index < -0.39 is 42.1 Å². The summed E-state index contributed by atoms with van der Waals surface area (Å²) in [4.78, 5) is 34.9. The third-order valence-electron chi connectivity index (χ3n) is 4.24. The molecule has 0 aromatic rings. The van der Waals surface area contributed by atoms with Crippen LogP contribution < -0.4 is 10.6 Å². The highest BCUT2D eigenvalue weighted by Crippen LogP contribution is 2.26. The topological polar surface area (TPSA) is 93.7 Å². The minimum absolute atomic E-state index is 0.0718. The molecule has 1 aliphatic carbocycles. The average molecular weight is 394 g/mol. The van der Waals surface area contributed by atoms with Crippen LogP contribution in [0.3, 0.4) is 0 Å². The second-order valence-corrected chi connectivity index (χ2v) is 6.23. The molecule has 1 rings (SSSR count). The van der Waals surface area contributed by atoms with Crippen LogP contribution in [0.25, 0.3) is 0 Å². The van der Waals surface area contributed by atoms with Gasteiger partial charge in [-0.05, 0) is 18.9 Å². The minimum atomic E-state index is -5.10. The first-order valence-corrected chi connectivity index (χ1v) is 8.62. The Kier molecular flexibility index (Phi) is 8.26. The van der Waals surface area contributed by atoms with Gasteiger partial charge in [0.15, 0.2) is 0 Å². The lowest BCUT2D eigenvalue weighted by atomic mass is 9.87. The zero-order valence-corrected chi connectivity index (χ0v) is 15.7. The second kappa shape index (κ2) is 9.72. The highest BCUT2D eigenvalue weighted by molar-refractivity contribution is 5.89. The molecule has 1 aliphatic rings. The maximum Gasteiger partial charge on any atom is 0.471 e. The van der Waals surface area contributed by atoms with E-state index in [-0.39, 0.29) is 18.1 Å². The Morgan fingerprint density at radius 2 is 1.81 bits per heavy atom. The van der Waals surface area contributed by atoms with Crippen molar-refractivity contribution in [1.82, 2.24) is 10.6 Å². The monoisotopic (exact) mass is 394 g/mol.